The first kappa shape index (κ1) is 15.7. The summed E-state index contributed by atoms with van der Waals surface area (Å²) in [7, 11) is 0. The molecule has 3 nitrogen and oxygen atoms in total. The second-order valence-corrected chi connectivity index (χ2v) is 6.22. The largest absolute Gasteiger partial charge is 0.377 e. The summed E-state index contributed by atoms with van der Waals surface area (Å²) in [6.07, 6.45) is 3.57. The average Bonchev–Trinajstić information content (AvgIpc) is 2.46. The average molecular weight is 340 g/mol. The van der Waals surface area contributed by atoms with Gasteiger partial charge in [0.2, 0.25) is 0 Å². The maximum Gasteiger partial charge on any atom is 0.176 e. The molecule has 1 aliphatic heterocycles. The van der Waals surface area contributed by atoms with Crippen LogP contribution in [0.25, 0.3) is 0 Å². The molecule has 1 aromatic carbocycles. The second kappa shape index (κ2) is 7.91. The van der Waals surface area contributed by atoms with Gasteiger partial charge in [-0.15, -0.1) is 0 Å². The topological polar surface area (TPSA) is 29.5 Å². The molecule has 1 fully saturated rings. The van der Waals surface area contributed by atoms with Gasteiger partial charge < -0.3 is 4.74 Å². The van der Waals surface area contributed by atoms with E-state index in [9.17, 15) is 4.79 Å². The normalized spacial score (nSPS) is 20.0. The van der Waals surface area contributed by atoms with Crippen LogP contribution in [0.4, 0.5) is 0 Å². The zero-order chi connectivity index (χ0) is 14.4. The fraction of sp³-hybridized carbons (Fsp3) is 0.562. The highest BCUT2D eigenvalue weighted by Gasteiger charge is 2.22. The molecular formula is C16H22BrNO2. The predicted molar refractivity (Wildman–Crippen MR) is 84.2 cm³/mol. The Balaban J connectivity index is 1.85. The van der Waals surface area contributed by atoms with Crippen molar-refractivity contribution in [3.05, 3.63) is 34.3 Å². The summed E-state index contributed by atoms with van der Waals surface area (Å²) in [5.41, 5.74) is 0.782. The predicted octanol–water partition coefficient (Wildman–Crippen LogP) is 3.52. The van der Waals surface area contributed by atoms with Crippen molar-refractivity contribution in [2.45, 2.75) is 32.3 Å². The monoisotopic (exact) mass is 339 g/mol. The van der Waals surface area contributed by atoms with Crippen molar-refractivity contribution in [1.29, 1.82) is 0 Å². The van der Waals surface area contributed by atoms with Crippen molar-refractivity contribution in [3.8, 4) is 0 Å². The smallest absolute Gasteiger partial charge is 0.176 e. The number of piperidine rings is 1. The Hall–Kier alpha value is -0.710. The number of halogens is 1. The summed E-state index contributed by atoms with van der Waals surface area (Å²) in [5.74, 6) is 0.189. The molecule has 1 aromatic rings. The summed E-state index contributed by atoms with van der Waals surface area (Å²) in [6, 6.07) is 7.58. The lowest BCUT2D eigenvalue weighted by atomic mass is 10.1. The van der Waals surface area contributed by atoms with Gasteiger partial charge in [0.25, 0.3) is 0 Å². The summed E-state index contributed by atoms with van der Waals surface area (Å²) < 4.78 is 6.81. The molecule has 1 unspecified atom stereocenters. The van der Waals surface area contributed by atoms with E-state index in [-0.39, 0.29) is 5.78 Å². The zero-order valence-corrected chi connectivity index (χ0v) is 13.6. The van der Waals surface area contributed by atoms with E-state index >= 15 is 0 Å². The first-order valence-corrected chi connectivity index (χ1v) is 8.11. The molecule has 0 saturated carbocycles. The Labute approximate surface area is 129 Å². The first-order valence-electron chi connectivity index (χ1n) is 7.31. The summed E-state index contributed by atoms with van der Waals surface area (Å²) in [4.78, 5) is 14.5. The fourth-order valence-electron chi connectivity index (χ4n) is 2.51. The third-order valence-electron chi connectivity index (χ3n) is 3.55. The summed E-state index contributed by atoms with van der Waals surface area (Å²) in [5, 5.41) is 0. The molecule has 1 atom stereocenters. The van der Waals surface area contributed by atoms with Crippen LogP contribution in [0.15, 0.2) is 28.7 Å². The maximum atomic E-state index is 12.2. The van der Waals surface area contributed by atoms with Gasteiger partial charge in [-0.1, -0.05) is 35.0 Å². The van der Waals surface area contributed by atoms with Crippen LogP contribution >= 0.6 is 15.9 Å². The van der Waals surface area contributed by atoms with E-state index < -0.39 is 0 Å². The zero-order valence-electron chi connectivity index (χ0n) is 12.0. The lowest BCUT2D eigenvalue weighted by Crippen LogP contribution is -2.42. The molecule has 4 heteroatoms. The molecule has 110 valence electrons. The fourth-order valence-corrected chi connectivity index (χ4v) is 2.77. The third-order valence-corrected chi connectivity index (χ3v) is 4.08. The molecule has 0 aromatic heterocycles. The summed E-state index contributed by atoms with van der Waals surface area (Å²) in [6.45, 7) is 5.31. The molecule has 0 radical (unpaired) electrons. The van der Waals surface area contributed by atoms with Gasteiger partial charge >= 0.3 is 0 Å². The van der Waals surface area contributed by atoms with Gasteiger partial charge in [0, 0.05) is 23.2 Å². The van der Waals surface area contributed by atoms with E-state index in [0.29, 0.717) is 12.6 Å². The second-order valence-electron chi connectivity index (χ2n) is 5.30. The standard InChI is InChI=1S/C16H22BrNO2/c1-2-10-20-15-4-3-9-18(11-15)12-16(19)13-5-7-14(17)8-6-13/h5-8,15H,2-4,9-12H2,1H3. The number of hydrogen-bond donors (Lipinski definition) is 0. The molecule has 1 heterocycles. The van der Waals surface area contributed by atoms with Gasteiger partial charge in [-0.25, -0.2) is 0 Å². The number of ketones is 1. The van der Waals surface area contributed by atoms with Crippen molar-refractivity contribution in [1.82, 2.24) is 4.90 Å². The first-order chi connectivity index (χ1) is 9.69. The molecule has 1 saturated heterocycles. The van der Waals surface area contributed by atoms with Crippen LogP contribution in [0.3, 0.4) is 0 Å². The molecule has 20 heavy (non-hydrogen) atoms. The minimum Gasteiger partial charge on any atom is -0.377 e. The van der Waals surface area contributed by atoms with Crippen molar-refractivity contribution < 1.29 is 9.53 Å². The Bertz CT molecular complexity index is 433. The van der Waals surface area contributed by atoms with E-state index in [1.165, 1.54) is 0 Å². The Morgan fingerprint density at radius 2 is 2.15 bits per heavy atom. The summed E-state index contributed by atoms with van der Waals surface area (Å²) >= 11 is 3.39. The van der Waals surface area contributed by atoms with E-state index in [1.54, 1.807) is 0 Å². The molecule has 1 aliphatic rings. The number of carbonyl (C=O) groups is 1. The van der Waals surface area contributed by atoms with Gasteiger partial charge in [-0.05, 0) is 37.9 Å². The molecular weight excluding hydrogens is 318 g/mol. The molecule has 0 spiro atoms. The van der Waals surface area contributed by atoms with Crippen LogP contribution in [0.2, 0.25) is 0 Å². The van der Waals surface area contributed by atoms with E-state index in [1.807, 2.05) is 24.3 Å². The molecule has 0 aliphatic carbocycles. The number of nitrogens with zero attached hydrogens (tertiary/aromatic N) is 1. The number of likely N-dealkylation sites (tertiary alicyclic amines) is 1. The van der Waals surface area contributed by atoms with Crippen LogP contribution in [0.1, 0.15) is 36.5 Å². The van der Waals surface area contributed by atoms with Crippen LogP contribution in [0, 0.1) is 0 Å². The molecule has 2 rings (SSSR count). The molecule has 0 bridgehead atoms. The number of Topliss-reactive ketones (excluding diaryl/α,β-unsaturated/α-hetero) is 1. The van der Waals surface area contributed by atoms with E-state index in [2.05, 4.69) is 27.8 Å². The van der Waals surface area contributed by atoms with Crippen molar-refractivity contribution in [3.63, 3.8) is 0 Å². The van der Waals surface area contributed by atoms with Gasteiger partial charge in [-0.3, -0.25) is 9.69 Å². The van der Waals surface area contributed by atoms with Gasteiger partial charge in [0.15, 0.2) is 5.78 Å². The van der Waals surface area contributed by atoms with Crippen LogP contribution < -0.4 is 0 Å². The number of carbonyl (C=O) groups excluding carboxylic acids is 1. The van der Waals surface area contributed by atoms with Crippen LogP contribution in [0.5, 0.6) is 0 Å². The Morgan fingerprint density at radius 3 is 2.85 bits per heavy atom. The lowest BCUT2D eigenvalue weighted by Gasteiger charge is -2.32. The highest BCUT2D eigenvalue weighted by molar-refractivity contribution is 9.10. The number of rotatable bonds is 6. The van der Waals surface area contributed by atoms with Gasteiger partial charge in [0.1, 0.15) is 0 Å². The Morgan fingerprint density at radius 1 is 1.40 bits per heavy atom. The maximum absolute atomic E-state index is 12.2. The van der Waals surface area contributed by atoms with Gasteiger partial charge in [-0.2, -0.15) is 0 Å². The minimum atomic E-state index is 0.189. The van der Waals surface area contributed by atoms with Crippen LogP contribution in [-0.4, -0.2) is 43.0 Å². The number of hydrogen-bond acceptors (Lipinski definition) is 3. The molecule has 0 amide bonds. The van der Waals surface area contributed by atoms with Crippen LogP contribution in [-0.2, 0) is 4.74 Å². The molecule has 0 N–H and O–H groups in total. The SMILES string of the molecule is CCCOC1CCCN(CC(=O)c2ccc(Br)cc2)C1. The highest BCUT2D eigenvalue weighted by Crippen LogP contribution is 2.15. The third kappa shape index (κ3) is 4.69. The number of benzene rings is 1. The van der Waals surface area contributed by atoms with Gasteiger partial charge in [0.05, 0.1) is 12.6 Å². The van der Waals surface area contributed by atoms with E-state index in [4.69, 9.17) is 4.74 Å². The quantitative estimate of drug-likeness (QED) is 0.742. The minimum absolute atomic E-state index is 0.189. The van der Waals surface area contributed by atoms with E-state index in [0.717, 1.165) is 49.0 Å². The highest BCUT2D eigenvalue weighted by atomic mass is 79.9. The van der Waals surface area contributed by atoms with Crippen molar-refractivity contribution in [2.24, 2.45) is 0 Å². The number of ether oxygens (including phenoxy) is 1. The van der Waals surface area contributed by atoms with Crippen molar-refractivity contribution in [2.75, 3.05) is 26.2 Å². The Kier molecular flexibility index (Phi) is 6.20. The lowest BCUT2D eigenvalue weighted by molar-refractivity contribution is 0.00131. The van der Waals surface area contributed by atoms with Crippen molar-refractivity contribution >= 4 is 21.7 Å².